The van der Waals surface area contributed by atoms with Gasteiger partial charge in [-0.25, -0.2) is 0 Å². The second-order valence-electron chi connectivity index (χ2n) is 2.71. The second kappa shape index (κ2) is 4.81. The standard InChI is InChI=1S/C7H14N.Y/c1-7-3-5-8(2)6-4-7;/h8H,2-6H2,1H3;/q-1;. The maximum atomic E-state index is 3.94. The van der Waals surface area contributed by atoms with Crippen LogP contribution in [0, 0.1) is 13.0 Å². The molecule has 1 fully saturated rings. The molecule has 1 saturated heterocycles. The quantitative estimate of drug-likeness (QED) is 0.528. The van der Waals surface area contributed by atoms with Gasteiger partial charge in [0.05, 0.1) is 0 Å². The van der Waals surface area contributed by atoms with Crippen molar-refractivity contribution in [3.63, 3.8) is 0 Å². The van der Waals surface area contributed by atoms with Gasteiger partial charge >= 0.3 is 0 Å². The van der Waals surface area contributed by atoms with Crippen LogP contribution in [-0.4, -0.2) is 13.1 Å². The summed E-state index contributed by atoms with van der Waals surface area (Å²) in [5.74, 6) is 1.65. The average molecular weight is 201 g/mol. The van der Waals surface area contributed by atoms with Gasteiger partial charge in [0.2, 0.25) is 0 Å². The minimum Gasteiger partial charge on any atom is -0.472 e. The van der Waals surface area contributed by atoms with Crippen molar-refractivity contribution < 1.29 is 37.6 Å². The fourth-order valence-corrected chi connectivity index (χ4v) is 1.03. The van der Waals surface area contributed by atoms with Crippen LogP contribution in [0.15, 0.2) is 0 Å². The van der Waals surface area contributed by atoms with Gasteiger partial charge in [-0.05, 0) is 0 Å². The van der Waals surface area contributed by atoms with Crippen molar-refractivity contribution >= 4 is 0 Å². The third-order valence-corrected chi connectivity index (χ3v) is 1.81. The Morgan fingerprint density at radius 3 is 2.11 bits per heavy atom. The molecule has 0 spiro atoms. The van der Waals surface area contributed by atoms with Crippen molar-refractivity contribution in [3.8, 4) is 0 Å². The first-order valence-electron chi connectivity index (χ1n) is 3.27. The van der Waals surface area contributed by atoms with E-state index < -0.39 is 0 Å². The Labute approximate surface area is 83.1 Å². The maximum Gasteiger partial charge on any atom is 0.0257 e. The normalized spacial score (nSPS) is 23.3. The summed E-state index contributed by atoms with van der Waals surface area (Å²) >= 11 is 0. The van der Waals surface area contributed by atoms with E-state index in [4.69, 9.17) is 0 Å². The van der Waals surface area contributed by atoms with Gasteiger partial charge in [0.25, 0.3) is 0 Å². The van der Waals surface area contributed by atoms with E-state index in [1.165, 1.54) is 30.8 Å². The summed E-state index contributed by atoms with van der Waals surface area (Å²) in [6.07, 6.45) is 2.58. The largest absolute Gasteiger partial charge is 0.472 e. The van der Waals surface area contributed by atoms with Crippen LogP contribution < -0.4 is 4.90 Å². The van der Waals surface area contributed by atoms with Crippen LogP contribution in [0.4, 0.5) is 0 Å². The van der Waals surface area contributed by atoms with Crippen molar-refractivity contribution in [1.29, 1.82) is 0 Å². The number of quaternary nitrogens is 1. The SMILES string of the molecule is [CH2-][NH+]1CC[C-](C)CC1.[Y]. The molecule has 0 unspecified atom stereocenters. The zero-order chi connectivity index (χ0) is 5.98. The Morgan fingerprint density at radius 2 is 1.78 bits per heavy atom. The van der Waals surface area contributed by atoms with Gasteiger partial charge in [0, 0.05) is 45.8 Å². The molecule has 0 atom stereocenters. The van der Waals surface area contributed by atoms with E-state index in [9.17, 15) is 0 Å². The van der Waals surface area contributed by atoms with E-state index in [0.29, 0.717) is 0 Å². The van der Waals surface area contributed by atoms with Crippen molar-refractivity contribution in [2.45, 2.75) is 19.8 Å². The van der Waals surface area contributed by atoms with Gasteiger partial charge in [-0.2, -0.15) is 14.0 Å². The average Bonchev–Trinajstić information content (AvgIpc) is 1.77. The van der Waals surface area contributed by atoms with Crippen LogP contribution in [0.5, 0.6) is 0 Å². The van der Waals surface area contributed by atoms with Crippen molar-refractivity contribution in [2.24, 2.45) is 0 Å². The summed E-state index contributed by atoms with van der Waals surface area (Å²) in [5.41, 5.74) is 0. The van der Waals surface area contributed by atoms with Crippen LogP contribution in [0.3, 0.4) is 0 Å². The zero-order valence-electron chi connectivity index (χ0n) is 6.11. The molecule has 1 radical (unpaired) electrons. The molecular formula is C7H14NY-. The molecule has 0 saturated carbocycles. The van der Waals surface area contributed by atoms with Crippen LogP contribution in [-0.2, 0) is 32.7 Å². The second-order valence-corrected chi connectivity index (χ2v) is 2.71. The Morgan fingerprint density at radius 1 is 1.33 bits per heavy atom. The molecule has 0 aromatic heterocycles. The molecule has 0 bridgehead atoms. The first kappa shape index (κ1) is 10.1. The van der Waals surface area contributed by atoms with Gasteiger partial charge in [-0.3, -0.25) is 0 Å². The Kier molecular flexibility index (Phi) is 5.38. The molecule has 2 heteroatoms. The van der Waals surface area contributed by atoms with Crippen LogP contribution >= 0.6 is 0 Å². The molecule has 1 rings (SSSR count). The topological polar surface area (TPSA) is 4.44 Å². The molecule has 0 aliphatic carbocycles. The van der Waals surface area contributed by atoms with Crippen molar-refractivity contribution in [1.82, 2.24) is 0 Å². The predicted octanol–water partition coefficient (Wildman–Crippen LogP) is 0.0486. The molecule has 1 N–H and O–H groups in total. The summed E-state index contributed by atoms with van der Waals surface area (Å²) < 4.78 is 0. The molecule has 1 aliphatic rings. The minimum absolute atomic E-state index is 0. The summed E-state index contributed by atoms with van der Waals surface area (Å²) in [4.78, 5) is 1.44. The zero-order valence-corrected chi connectivity index (χ0v) is 8.95. The maximum absolute atomic E-state index is 3.94. The number of likely N-dealkylation sites (tertiary alicyclic amines) is 1. The summed E-state index contributed by atoms with van der Waals surface area (Å²) in [6, 6.07) is 0. The summed E-state index contributed by atoms with van der Waals surface area (Å²) in [7, 11) is 3.94. The van der Waals surface area contributed by atoms with Crippen LogP contribution in [0.25, 0.3) is 0 Å². The molecule has 0 amide bonds. The van der Waals surface area contributed by atoms with E-state index in [-0.39, 0.29) is 32.7 Å². The fourth-order valence-electron chi connectivity index (χ4n) is 1.03. The van der Waals surface area contributed by atoms with Gasteiger partial charge in [0.1, 0.15) is 0 Å². The number of hydrogen-bond donors (Lipinski definition) is 1. The predicted molar refractivity (Wildman–Crippen MR) is 34.2 cm³/mol. The third-order valence-electron chi connectivity index (χ3n) is 1.81. The molecule has 0 aromatic carbocycles. The third kappa shape index (κ3) is 3.69. The van der Waals surface area contributed by atoms with E-state index in [2.05, 4.69) is 14.0 Å². The number of nitrogens with one attached hydrogen (secondary N) is 1. The molecule has 1 nitrogen and oxygen atoms in total. The molecule has 51 valence electrons. The number of hydrogen-bond acceptors (Lipinski definition) is 0. The van der Waals surface area contributed by atoms with Gasteiger partial charge in [-0.15, -0.1) is 12.8 Å². The Bertz CT molecular complexity index is 57.3. The first-order valence-corrected chi connectivity index (χ1v) is 3.27. The Balaban J connectivity index is 0.000000640. The van der Waals surface area contributed by atoms with E-state index in [1.54, 1.807) is 5.92 Å². The van der Waals surface area contributed by atoms with Crippen LogP contribution in [0.2, 0.25) is 0 Å². The number of piperidine rings is 1. The van der Waals surface area contributed by atoms with Crippen molar-refractivity contribution in [2.75, 3.05) is 13.1 Å². The number of rotatable bonds is 0. The van der Waals surface area contributed by atoms with E-state index in [1.807, 2.05) is 0 Å². The molecular weight excluding hydrogens is 187 g/mol. The molecule has 9 heavy (non-hydrogen) atoms. The van der Waals surface area contributed by atoms with Crippen molar-refractivity contribution in [3.05, 3.63) is 13.0 Å². The minimum atomic E-state index is 0. The first-order chi connectivity index (χ1) is 3.79. The monoisotopic (exact) mass is 201 g/mol. The van der Waals surface area contributed by atoms with E-state index in [0.717, 1.165) is 0 Å². The van der Waals surface area contributed by atoms with Gasteiger partial charge in [0.15, 0.2) is 0 Å². The summed E-state index contributed by atoms with van der Waals surface area (Å²) in [6.45, 7) is 4.73. The fraction of sp³-hybridized carbons (Fsp3) is 0.714. The smallest absolute Gasteiger partial charge is 0.0257 e. The molecule has 1 aliphatic heterocycles. The van der Waals surface area contributed by atoms with Gasteiger partial charge < -0.3 is 10.8 Å². The van der Waals surface area contributed by atoms with Gasteiger partial charge in [-0.1, -0.05) is 0 Å². The van der Waals surface area contributed by atoms with Crippen LogP contribution in [0.1, 0.15) is 19.8 Å². The van der Waals surface area contributed by atoms with E-state index >= 15 is 0 Å². The summed E-state index contributed by atoms with van der Waals surface area (Å²) in [5, 5.41) is 0. The Hall–Kier alpha value is 1.06. The molecule has 0 aromatic rings. The molecule has 1 heterocycles.